The summed E-state index contributed by atoms with van der Waals surface area (Å²) < 4.78 is 8.06. The molecule has 0 N–H and O–H groups in total. The molecular formula is C18H14O2Te. The number of benzene rings is 2. The van der Waals surface area contributed by atoms with Gasteiger partial charge in [-0.3, -0.25) is 0 Å². The molecule has 21 heavy (non-hydrogen) atoms. The minimum absolute atomic E-state index is 0.485. The molecule has 0 aliphatic heterocycles. The number of esters is 1. The van der Waals surface area contributed by atoms with Crippen LogP contribution in [0.4, 0.5) is 0 Å². The van der Waals surface area contributed by atoms with Crippen molar-refractivity contribution in [1.82, 2.24) is 0 Å². The Morgan fingerprint density at radius 1 is 1.00 bits per heavy atom. The third kappa shape index (κ3) is 5.12. The quantitative estimate of drug-likeness (QED) is 0.348. The van der Waals surface area contributed by atoms with Crippen molar-refractivity contribution in [3.63, 3.8) is 0 Å². The van der Waals surface area contributed by atoms with Crippen LogP contribution in [-0.2, 0) is 9.53 Å². The van der Waals surface area contributed by atoms with Gasteiger partial charge in [0.05, 0.1) is 0 Å². The Bertz CT molecular complexity index is 679. The molecule has 0 amide bonds. The van der Waals surface area contributed by atoms with Crippen molar-refractivity contribution in [3.05, 3.63) is 70.4 Å². The van der Waals surface area contributed by atoms with Gasteiger partial charge >= 0.3 is 135 Å². The molecule has 0 aliphatic rings. The summed E-state index contributed by atoms with van der Waals surface area (Å²) in [5.41, 5.74) is 1.90. The number of methoxy groups -OCH3 is 1. The van der Waals surface area contributed by atoms with Gasteiger partial charge in [0.1, 0.15) is 0 Å². The summed E-state index contributed by atoms with van der Waals surface area (Å²) in [6.07, 6.45) is 0. The number of hydrogen-bond donors (Lipinski definition) is 0. The molecule has 2 nitrogen and oxygen atoms in total. The van der Waals surface area contributed by atoms with Gasteiger partial charge in [0, 0.05) is 0 Å². The van der Waals surface area contributed by atoms with Gasteiger partial charge in [-0.2, -0.15) is 0 Å². The second-order valence-electron chi connectivity index (χ2n) is 4.07. The molecule has 0 aliphatic carbocycles. The molecule has 2 aromatic carbocycles. The van der Waals surface area contributed by atoms with Gasteiger partial charge in [-0.1, -0.05) is 0 Å². The predicted octanol–water partition coefficient (Wildman–Crippen LogP) is 2.23. The van der Waals surface area contributed by atoms with Crippen LogP contribution in [0.3, 0.4) is 0 Å². The molecule has 0 saturated carbocycles. The third-order valence-electron chi connectivity index (χ3n) is 2.63. The van der Waals surface area contributed by atoms with E-state index < -0.39 is 26.9 Å². The van der Waals surface area contributed by atoms with Crippen molar-refractivity contribution in [1.29, 1.82) is 0 Å². The topological polar surface area (TPSA) is 26.3 Å². The van der Waals surface area contributed by atoms with Crippen molar-refractivity contribution in [3.8, 4) is 11.8 Å². The van der Waals surface area contributed by atoms with Crippen LogP contribution in [0.5, 0.6) is 0 Å². The van der Waals surface area contributed by atoms with Crippen molar-refractivity contribution < 1.29 is 9.53 Å². The Hall–Kier alpha value is -2.00. The summed E-state index contributed by atoms with van der Waals surface area (Å²) in [6, 6.07) is 20.2. The van der Waals surface area contributed by atoms with Crippen LogP contribution >= 0.6 is 0 Å². The number of carbonyl (C=O) groups excluding carboxylic acids is 1. The van der Waals surface area contributed by atoms with Gasteiger partial charge in [0.15, 0.2) is 0 Å². The fraction of sp³-hybridized carbons (Fsp3) is 0.0556. The second kappa shape index (κ2) is 8.32. The van der Waals surface area contributed by atoms with Gasteiger partial charge in [-0.25, -0.2) is 0 Å². The Balaban J connectivity index is 2.27. The van der Waals surface area contributed by atoms with Gasteiger partial charge in [-0.15, -0.1) is 0 Å². The minimum atomic E-state index is -0.517. The predicted molar refractivity (Wildman–Crippen MR) is 86.0 cm³/mol. The molecule has 0 spiro atoms. The number of ether oxygens (including phenoxy) is 1. The SMILES string of the molecule is COC(=O)C#C/C(=C/[Te]c1ccccc1)c1ccccc1. The summed E-state index contributed by atoms with van der Waals surface area (Å²) in [4.78, 5) is 11.2. The summed E-state index contributed by atoms with van der Waals surface area (Å²) in [5.74, 6) is 4.92. The standard InChI is InChI=1S/C18H14O2Te/c1-20-18(19)13-12-16(15-8-4-2-5-9-15)14-21-17-10-6-3-7-11-17/h2-11,14H,1H3/b16-14-. The van der Waals surface area contributed by atoms with E-state index in [1.54, 1.807) is 0 Å². The summed E-state index contributed by atoms with van der Waals surface area (Å²) in [5, 5.41) is 0. The first-order valence-corrected chi connectivity index (χ1v) is 8.88. The maximum absolute atomic E-state index is 11.2. The van der Waals surface area contributed by atoms with Crippen molar-refractivity contribution in [2.75, 3.05) is 7.11 Å². The number of hydrogen-bond acceptors (Lipinski definition) is 2. The van der Waals surface area contributed by atoms with E-state index in [1.165, 1.54) is 10.7 Å². The van der Waals surface area contributed by atoms with Crippen LogP contribution in [0.25, 0.3) is 5.57 Å². The van der Waals surface area contributed by atoms with Gasteiger partial charge in [-0.05, 0) is 0 Å². The molecule has 0 radical (unpaired) electrons. The number of carbonyl (C=O) groups is 1. The number of allylic oxidation sites excluding steroid dienone is 1. The molecule has 2 rings (SSSR count). The van der Waals surface area contributed by atoms with E-state index in [2.05, 4.69) is 32.8 Å². The monoisotopic (exact) mass is 392 g/mol. The third-order valence-corrected chi connectivity index (χ3v) is 5.19. The van der Waals surface area contributed by atoms with Gasteiger partial charge < -0.3 is 0 Å². The van der Waals surface area contributed by atoms with E-state index in [0.717, 1.165) is 11.1 Å². The van der Waals surface area contributed by atoms with Crippen LogP contribution in [-0.4, -0.2) is 34.0 Å². The van der Waals surface area contributed by atoms with Gasteiger partial charge in [0.25, 0.3) is 0 Å². The second-order valence-corrected chi connectivity index (χ2v) is 6.76. The molecule has 0 bridgehead atoms. The van der Waals surface area contributed by atoms with Crippen LogP contribution in [0.2, 0.25) is 0 Å². The van der Waals surface area contributed by atoms with Gasteiger partial charge in [0.2, 0.25) is 0 Å². The Labute approximate surface area is 134 Å². The molecule has 0 aromatic heterocycles. The van der Waals surface area contributed by atoms with E-state index in [9.17, 15) is 4.79 Å². The van der Waals surface area contributed by atoms with Crippen LogP contribution < -0.4 is 3.61 Å². The molecular weight excluding hydrogens is 376 g/mol. The molecule has 104 valence electrons. The molecule has 3 heteroatoms. The van der Waals surface area contributed by atoms with Crippen LogP contribution in [0, 0.1) is 11.8 Å². The van der Waals surface area contributed by atoms with Crippen molar-refractivity contribution >= 4 is 36.1 Å². The first-order chi connectivity index (χ1) is 10.3. The van der Waals surface area contributed by atoms with E-state index in [0.29, 0.717) is 0 Å². The summed E-state index contributed by atoms with van der Waals surface area (Å²) in [6.45, 7) is 0. The average molecular weight is 390 g/mol. The molecule has 0 saturated heterocycles. The summed E-state index contributed by atoms with van der Waals surface area (Å²) in [7, 11) is 1.33. The Kier molecular flexibility index (Phi) is 6.10. The van der Waals surface area contributed by atoms with E-state index >= 15 is 0 Å². The summed E-state index contributed by atoms with van der Waals surface area (Å²) >= 11 is -0.485. The zero-order valence-electron chi connectivity index (χ0n) is 11.6. The van der Waals surface area contributed by atoms with E-state index in [-0.39, 0.29) is 0 Å². The fourth-order valence-electron chi connectivity index (χ4n) is 1.58. The molecule has 0 unspecified atom stereocenters. The zero-order chi connectivity index (χ0) is 14.9. The van der Waals surface area contributed by atoms with Crippen molar-refractivity contribution in [2.24, 2.45) is 0 Å². The first-order valence-electron chi connectivity index (χ1n) is 6.37. The number of rotatable bonds is 3. The maximum atomic E-state index is 11.2. The molecule has 0 fully saturated rings. The molecule has 0 heterocycles. The molecule has 2 aromatic rings. The average Bonchev–Trinajstić information content (AvgIpc) is 2.56. The first kappa shape index (κ1) is 15.4. The van der Waals surface area contributed by atoms with Crippen molar-refractivity contribution in [2.45, 2.75) is 0 Å². The fourth-order valence-corrected chi connectivity index (χ4v) is 3.76. The van der Waals surface area contributed by atoms with Crippen LogP contribution in [0.1, 0.15) is 5.56 Å². The Morgan fingerprint density at radius 2 is 1.62 bits per heavy atom. The van der Waals surface area contributed by atoms with Crippen LogP contribution in [0.15, 0.2) is 64.8 Å². The Morgan fingerprint density at radius 3 is 2.24 bits per heavy atom. The molecule has 0 atom stereocenters. The van der Waals surface area contributed by atoms with E-state index in [4.69, 9.17) is 0 Å². The zero-order valence-corrected chi connectivity index (χ0v) is 13.9. The van der Waals surface area contributed by atoms with E-state index in [1.807, 2.05) is 48.5 Å². The normalized spacial score (nSPS) is 10.4.